The number of urea groups is 1. The van der Waals surface area contributed by atoms with E-state index in [-0.39, 0.29) is 11.8 Å². The third-order valence-corrected chi connectivity index (χ3v) is 2.92. The molecule has 3 N–H and O–H groups in total. The van der Waals surface area contributed by atoms with Crippen molar-refractivity contribution in [2.75, 3.05) is 0 Å². The first-order chi connectivity index (χ1) is 7.16. The maximum Gasteiger partial charge on any atom is 0.312 e. The predicted octanol–water partition coefficient (Wildman–Crippen LogP) is 1.03. The largest absolute Gasteiger partial charge is 0.352 e. The standard InChI is InChI=1S/C11H14N2O2/c12-11(15)13-10-3-1-2-7-4-5-8(14)6-9(7)10/h4-5,10H,1-3,6H2,(H3,12,13,15). The lowest BCUT2D eigenvalue weighted by Crippen LogP contribution is -2.42. The van der Waals surface area contributed by atoms with Gasteiger partial charge < -0.3 is 11.1 Å². The van der Waals surface area contributed by atoms with Gasteiger partial charge >= 0.3 is 6.03 Å². The van der Waals surface area contributed by atoms with E-state index >= 15 is 0 Å². The lowest BCUT2D eigenvalue weighted by molar-refractivity contribution is -0.114. The zero-order valence-electron chi connectivity index (χ0n) is 8.45. The minimum Gasteiger partial charge on any atom is -0.352 e. The smallest absolute Gasteiger partial charge is 0.312 e. The molecule has 0 radical (unpaired) electrons. The molecule has 80 valence electrons. The Kier molecular flexibility index (Phi) is 2.58. The highest BCUT2D eigenvalue weighted by Gasteiger charge is 2.26. The van der Waals surface area contributed by atoms with Crippen molar-refractivity contribution < 1.29 is 9.59 Å². The minimum atomic E-state index is -0.518. The number of amides is 2. The fourth-order valence-electron chi connectivity index (χ4n) is 2.25. The second kappa shape index (κ2) is 3.88. The second-order valence-corrected chi connectivity index (χ2v) is 3.98. The van der Waals surface area contributed by atoms with E-state index in [0.717, 1.165) is 24.8 Å². The van der Waals surface area contributed by atoms with Gasteiger partial charge in [0.2, 0.25) is 0 Å². The van der Waals surface area contributed by atoms with Crippen LogP contribution < -0.4 is 11.1 Å². The van der Waals surface area contributed by atoms with E-state index in [1.54, 1.807) is 6.08 Å². The van der Waals surface area contributed by atoms with Gasteiger partial charge in [-0.25, -0.2) is 4.79 Å². The maximum atomic E-state index is 11.3. The monoisotopic (exact) mass is 206 g/mol. The molecule has 0 aromatic heterocycles. The van der Waals surface area contributed by atoms with Gasteiger partial charge in [-0.3, -0.25) is 4.79 Å². The number of rotatable bonds is 1. The van der Waals surface area contributed by atoms with Crippen LogP contribution in [0.2, 0.25) is 0 Å². The average molecular weight is 206 g/mol. The van der Waals surface area contributed by atoms with Crippen molar-refractivity contribution in [1.82, 2.24) is 5.32 Å². The number of carbonyl (C=O) groups excluding carboxylic acids is 2. The number of hydrogen-bond donors (Lipinski definition) is 2. The molecular formula is C11H14N2O2. The van der Waals surface area contributed by atoms with Crippen molar-refractivity contribution in [3.8, 4) is 0 Å². The lowest BCUT2D eigenvalue weighted by atomic mass is 9.82. The first-order valence-electron chi connectivity index (χ1n) is 5.15. The van der Waals surface area contributed by atoms with Crippen LogP contribution in [0.5, 0.6) is 0 Å². The molecular weight excluding hydrogens is 192 g/mol. The SMILES string of the molecule is NC(=O)NC1CCCC2=C1CC(=O)C=C2. The molecule has 2 aliphatic carbocycles. The summed E-state index contributed by atoms with van der Waals surface area (Å²) < 4.78 is 0. The Morgan fingerprint density at radius 3 is 3.00 bits per heavy atom. The quantitative estimate of drug-likeness (QED) is 0.672. The third-order valence-electron chi connectivity index (χ3n) is 2.92. The number of hydrogen-bond acceptors (Lipinski definition) is 2. The Morgan fingerprint density at radius 2 is 2.27 bits per heavy atom. The molecule has 0 saturated heterocycles. The van der Waals surface area contributed by atoms with Crippen LogP contribution in [-0.4, -0.2) is 17.9 Å². The predicted molar refractivity (Wildman–Crippen MR) is 56.1 cm³/mol. The van der Waals surface area contributed by atoms with Crippen molar-refractivity contribution in [2.24, 2.45) is 5.73 Å². The molecule has 1 unspecified atom stereocenters. The van der Waals surface area contributed by atoms with Crippen LogP contribution in [0.15, 0.2) is 23.3 Å². The van der Waals surface area contributed by atoms with E-state index in [4.69, 9.17) is 5.73 Å². The van der Waals surface area contributed by atoms with Crippen molar-refractivity contribution in [2.45, 2.75) is 31.7 Å². The topological polar surface area (TPSA) is 72.2 Å². The number of allylic oxidation sites excluding steroid dienone is 3. The van der Waals surface area contributed by atoms with E-state index in [0.29, 0.717) is 6.42 Å². The molecule has 2 rings (SSSR count). The first-order valence-corrected chi connectivity index (χ1v) is 5.15. The first kappa shape index (κ1) is 9.96. The van der Waals surface area contributed by atoms with Gasteiger partial charge in [-0.2, -0.15) is 0 Å². The van der Waals surface area contributed by atoms with Crippen LogP contribution in [0, 0.1) is 0 Å². The normalized spacial score (nSPS) is 25.1. The molecule has 4 heteroatoms. The van der Waals surface area contributed by atoms with Crippen LogP contribution >= 0.6 is 0 Å². The molecule has 0 aromatic carbocycles. The molecule has 2 aliphatic rings. The summed E-state index contributed by atoms with van der Waals surface area (Å²) in [6.45, 7) is 0. The molecule has 0 aromatic rings. The van der Waals surface area contributed by atoms with Gasteiger partial charge in [-0.15, -0.1) is 0 Å². The highest BCUT2D eigenvalue weighted by molar-refractivity contribution is 5.94. The summed E-state index contributed by atoms with van der Waals surface area (Å²) in [6.07, 6.45) is 6.82. The summed E-state index contributed by atoms with van der Waals surface area (Å²) in [5.74, 6) is 0.104. The number of carbonyl (C=O) groups is 2. The summed E-state index contributed by atoms with van der Waals surface area (Å²) in [5, 5.41) is 2.70. The summed E-state index contributed by atoms with van der Waals surface area (Å²) in [7, 11) is 0. The highest BCUT2D eigenvalue weighted by atomic mass is 16.2. The molecule has 0 saturated carbocycles. The van der Waals surface area contributed by atoms with Gasteiger partial charge in [0.25, 0.3) is 0 Å². The fourth-order valence-corrected chi connectivity index (χ4v) is 2.25. The van der Waals surface area contributed by atoms with Crippen LogP contribution in [0.1, 0.15) is 25.7 Å². The number of primary amides is 1. The fraction of sp³-hybridized carbons (Fsp3) is 0.455. The van der Waals surface area contributed by atoms with Gasteiger partial charge in [-0.05, 0) is 36.5 Å². The Hall–Kier alpha value is -1.58. The Bertz CT molecular complexity index is 369. The average Bonchev–Trinajstić information content (AvgIpc) is 2.18. The third kappa shape index (κ3) is 2.09. The van der Waals surface area contributed by atoms with Crippen molar-refractivity contribution >= 4 is 11.8 Å². The van der Waals surface area contributed by atoms with Gasteiger partial charge in [0, 0.05) is 6.42 Å². The van der Waals surface area contributed by atoms with Crippen molar-refractivity contribution in [3.05, 3.63) is 23.3 Å². The molecule has 0 bridgehead atoms. The summed E-state index contributed by atoms with van der Waals surface area (Å²) in [4.78, 5) is 22.1. The van der Waals surface area contributed by atoms with Crippen LogP contribution in [0.25, 0.3) is 0 Å². The maximum absolute atomic E-state index is 11.3. The number of nitrogens with one attached hydrogen (secondary N) is 1. The Balaban J connectivity index is 2.22. The van der Waals surface area contributed by atoms with Gasteiger partial charge in [-0.1, -0.05) is 6.08 Å². The van der Waals surface area contributed by atoms with E-state index < -0.39 is 6.03 Å². The van der Waals surface area contributed by atoms with Crippen molar-refractivity contribution in [1.29, 1.82) is 0 Å². The van der Waals surface area contributed by atoms with E-state index in [1.165, 1.54) is 5.57 Å². The zero-order chi connectivity index (χ0) is 10.8. The summed E-state index contributed by atoms with van der Waals surface area (Å²) in [6, 6.07) is -0.559. The summed E-state index contributed by atoms with van der Waals surface area (Å²) in [5.41, 5.74) is 7.35. The molecule has 2 amide bonds. The van der Waals surface area contributed by atoms with Crippen LogP contribution in [-0.2, 0) is 4.79 Å². The molecule has 1 atom stereocenters. The van der Waals surface area contributed by atoms with Crippen LogP contribution in [0.4, 0.5) is 4.79 Å². The molecule has 4 nitrogen and oxygen atoms in total. The molecule has 0 fully saturated rings. The Morgan fingerprint density at radius 1 is 1.47 bits per heavy atom. The van der Waals surface area contributed by atoms with Crippen LogP contribution in [0.3, 0.4) is 0 Å². The molecule has 0 heterocycles. The van der Waals surface area contributed by atoms with E-state index in [1.807, 2.05) is 6.08 Å². The molecule has 15 heavy (non-hydrogen) atoms. The zero-order valence-corrected chi connectivity index (χ0v) is 8.45. The number of ketones is 1. The minimum absolute atomic E-state index is 0.0415. The molecule has 0 aliphatic heterocycles. The molecule has 0 spiro atoms. The Labute approximate surface area is 88.2 Å². The van der Waals surface area contributed by atoms with E-state index in [9.17, 15) is 9.59 Å². The van der Waals surface area contributed by atoms with Gasteiger partial charge in [0.1, 0.15) is 0 Å². The van der Waals surface area contributed by atoms with Gasteiger partial charge in [0.15, 0.2) is 5.78 Å². The van der Waals surface area contributed by atoms with Crippen molar-refractivity contribution in [3.63, 3.8) is 0 Å². The highest BCUT2D eigenvalue weighted by Crippen LogP contribution is 2.31. The van der Waals surface area contributed by atoms with E-state index in [2.05, 4.69) is 5.32 Å². The summed E-state index contributed by atoms with van der Waals surface area (Å²) >= 11 is 0. The van der Waals surface area contributed by atoms with Gasteiger partial charge in [0.05, 0.1) is 6.04 Å². The number of nitrogens with two attached hydrogens (primary N) is 1. The second-order valence-electron chi connectivity index (χ2n) is 3.98. The lowest BCUT2D eigenvalue weighted by Gasteiger charge is -2.29.